The van der Waals surface area contributed by atoms with Crippen LogP contribution < -0.4 is 5.32 Å². The molecule has 4 saturated carbocycles. The largest absolute Gasteiger partial charge is 0.481 e. The van der Waals surface area contributed by atoms with Gasteiger partial charge in [-0.3, -0.25) is 24.1 Å². The molecule has 5 rings (SSSR count). The van der Waals surface area contributed by atoms with Crippen LogP contribution in [0.25, 0.3) is 0 Å². The highest BCUT2D eigenvalue weighted by atomic mass is 16.5. The van der Waals surface area contributed by atoms with Crippen molar-refractivity contribution in [1.29, 1.82) is 0 Å². The number of amides is 1. The van der Waals surface area contributed by atoms with Gasteiger partial charge >= 0.3 is 11.9 Å². The van der Waals surface area contributed by atoms with E-state index in [0.717, 1.165) is 56.9 Å². The molecule has 0 heterocycles. The smallest absolute Gasteiger partial charge is 0.309 e. The van der Waals surface area contributed by atoms with Crippen LogP contribution in [-0.2, 0) is 23.9 Å². The molecule has 5 aliphatic rings. The SMILES string of the molecule is CNC(=O)CN(C[C@H](O)[C@@]12CC[C@]3(C)[C@H](CC[C@@H]4[C@@]5(C)CC[C@@H](OC(=O)CC(C)(C)C(=O)O)C(C)(C)[C@@H]5CC[C@]43C)C1=C(C(C)C)C(=O)C2)C(C)C. The van der Waals surface area contributed by atoms with Gasteiger partial charge in [-0.2, -0.15) is 0 Å². The van der Waals surface area contributed by atoms with E-state index >= 15 is 0 Å². The van der Waals surface area contributed by atoms with Crippen molar-refractivity contribution in [3.8, 4) is 0 Å². The fourth-order valence-electron chi connectivity index (χ4n) is 13.0. The number of ketones is 1. The molecule has 4 fully saturated rings. The molecule has 52 heavy (non-hydrogen) atoms. The second-order valence-electron chi connectivity index (χ2n) is 20.3. The van der Waals surface area contributed by atoms with Gasteiger partial charge in [0.2, 0.25) is 5.91 Å². The van der Waals surface area contributed by atoms with Gasteiger partial charge in [-0.25, -0.2) is 0 Å². The minimum atomic E-state index is -1.17. The lowest BCUT2D eigenvalue weighted by Gasteiger charge is -2.72. The first-order valence-electron chi connectivity index (χ1n) is 20.3. The number of aliphatic hydroxyl groups is 1. The molecular formula is C43H70N2O7. The molecule has 9 atom stereocenters. The highest BCUT2D eigenvalue weighted by Gasteiger charge is 2.71. The number of carboxylic acids is 1. The van der Waals surface area contributed by atoms with E-state index in [0.29, 0.717) is 24.8 Å². The lowest BCUT2D eigenvalue weighted by Crippen LogP contribution is -2.66. The fourth-order valence-corrected chi connectivity index (χ4v) is 13.0. The Morgan fingerprint density at radius 1 is 0.923 bits per heavy atom. The van der Waals surface area contributed by atoms with E-state index in [-0.39, 0.29) is 70.3 Å². The van der Waals surface area contributed by atoms with Crippen molar-refractivity contribution in [2.24, 2.45) is 56.2 Å². The summed E-state index contributed by atoms with van der Waals surface area (Å²) in [5.74, 6) is -0.224. The van der Waals surface area contributed by atoms with E-state index in [4.69, 9.17) is 4.74 Å². The molecule has 0 aromatic rings. The molecule has 0 aromatic heterocycles. The van der Waals surface area contributed by atoms with Gasteiger partial charge in [0.25, 0.3) is 0 Å². The average Bonchev–Trinajstić information content (AvgIpc) is 3.35. The molecule has 294 valence electrons. The van der Waals surface area contributed by atoms with Crippen LogP contribution in [0, 0.1) is 56.2 Å². The minimum absolute atomic E-state index is 0.0211. The van der Waals surface area contributed by atoms with E-state index in [9.17, 15) is 29.4 Å². The Bertz CT molecular complexity index is 1480. The number of carboxylic acid groups (broad SMARTS) is 1. The number of allylic oxidation sites excluding steroid dienone is 1. The summed E-state index contributed by atoms with van der Waals surface area (Å²) in [5.41, 5.74) is 0.158. The number of carbonyl (C=O) groups is 4. The number of nitrogens with one attached hydrogen (secondary N) is 1. The first-order valence-corrected chi connectivity index (χ1v) is 20.3. The number of Topliss-reactive ketones (excluding diaryl/α,β-unsaturated/α-hetero) is 1. The monoisotopic (exact) mass is 727 g/mol. The maximum atomic E-state index is 14.1. The van der Waals surface area contributed by atoms with Crippen LogP contribution in [0.5, 0.6) is 0 Å². The van der Waals surface area contributed by atoms with Crippen LogP contribution in [0.2, 0.25) is 0 Å². The Kier molecular flexibility index (Phi) is 10.9. The molecule has 1 amide bonds. The molecule has 0 spiro atoms. The maximum Gasteiger partial charge on any atom is 0.309 e. The van der Waals surface area contributed by atoms with Gasteiger partial charge in [0, 0.05) is 36.9 Å². The van der Waals surface area contributed by atoms with Crippen LogP contribution in [0.15, 0.2) is 11.1 Å². The van der Waals surface area contributed by atoms with Crippen LogP contribution in [-0.4, -0.2) is 77.1 Å². The first kappa shape index (κ1) is 40.9. The Labute approximate surface area is 313 Å². The summed E-state index contributed by atoms with van der Waals surface area (Å²) in [5, 5.41) is 24.7. The summed E-state index contributed by atoms with van der Waals surface area (Å²) in [6.45, 7) is 24.2. The quantitative estimate of drug-likeness (QED) is 0.191. The molecule has 0 aliphatic heterocycles. The number of fused-ring (bicyclic) bond motifs is 7. The van der Waals surface area contributed by atoms with E-state index in [1.165, 1.54) is 5.57 Å². The van der Waals surface area contributed by atoms with Gasteiger partial charge in [0.1, 0.15) is 6.10 Å². The van der Waals surface area contributed by atoms with Gasteiger partial charge in [-0.1, -0.05) is 54.0 Å². The summed E-state index contributed by atoms with van der Waals surface area (Å²) in [4.78, 5) is 53.4. The second kappa shape index (κ2) is 13.8. The Hall–Kier alpha value is -2.26. The highest BCUT2D eigenvalue weighted by Crippen LogP contribution is 2.77. The van der Waals surface area contributed by atoms with Crippen molar-refractivity contribution >= 4 is 23.6 Å². The molecule has 0 saturated heterocycles. The number of hydrogen-bond donors (Lipinski definition) is 3. The zero-order valence-electron chi connectivity index (χ0n) is 34.4. The zero-order chi connectivity index (χ0) is 39.0. The molecule has 0 bridgehead atoms. The Balaban J connectivity index is 1.46. The molecule has 3 N–H and O–H groups in total. The number of aliphatic hydroxyl groups excluding tert-OH is 1. The van der Waals surface area contributed by atoms with Gasteiger partial charge in [0.05, 0.1) is 24.5 Å². The van der Waals surface area contributed by atoms with E-state index < -0.39 is 28.9 Å². The van der Waals surface area contributed by atoms with Crippen molar-refractivity contribution in [3.05, 3.63) is 11.1 Å². The predicted molar refractivity (Wildman–Crippen MR) is 202 cm³/mol. The topological polar surface area (TPSA) is 133 Å². The van der Waals surface area contributed by atoms with Crippen LogP contribution in [0.3, 0.4) is 0 Å². The van der Waals surface area contributed by atoms with Gasteiger partial charge in [-0.15, -0.1) is 0 Å². The first-order chi connectivity index (χ1) is 23.9. The molecular weight excluding hydrogens is 656 g/mol. The summed E-state index contributed by atoms with van der Waals surface area (Å²) in [6, 6.07) is 0.0658. The van der Waals surface area contributed by atoms with Crippen molar-refractivity contribution in [2.45, 2.75) is 159 Å². The second-order valence-corrected chi connectivity index (χ2v) is 20.3. The predicted octanol–water partition coefficient (Wildman–Crippen LogP) is 7.20. The standard InChI is InChI=1S/C43H70N2O7/c1-25(2)35-28(46)21-43(31(47)23-45(26(3)4)24-33(48)44-12)20-19-41(10)27(36(35)43)13-14-30-40(9)17-16-32(52-34(49)22-38(5,6)37(50)51)39(7,8)29(40)15-18-42(30,41)11/h25-27,29-32,47H,13-24H2,1-12H3,(H,44,48)(H,50,51)/t27-,29+,30-,31+,32-,40+,41-,42-,43+/m1/s1. The fraction of sp³-hybridized carbons (Fsp3) is 0.860. The maximum absolute atomic E-state index is 14.1. The molecule has 9 nitrogen and oxygen atoms in total. The minimum Gasteiger partial charge on any atom is -0.481 e. The number of carbonyl (C=O) groups excluding carboxylic acids is 3. The number of aliphatic carboxylic acids is 1. The molecule has 0 unspecified atom stereocenters. The van der Waals surface area contributed by atoms with Crippen molar-refractivity contribution in [3.63, 3.8) is 0 Å². The summed E-state index contributed by atoms with van der Waals surface area (Å²) in [6.07, 6.45) is 6.77. The van der Waals surface area contributed by atoms with Crippen molar-refractivity contribution in [2.75, 3.05) is 20.1 Å². The average molecular weight is 727 g/mol. The number of likely N-dealkylation sites (N-methyl/N-ethyl adjacent to an activating group) is 1. The molecule has 9 heteroatoms. The van der Waals surface area contributed by atoms with E-state index in [2.05, 4.69) is 67.6 Å². The van der Waals surface area contributed by atoms with Gasteiger partial charge < -0.3 is 20.3 Å². The summed E-state index contributed by atoms with van der Waals surface area (Å²) >= 11 is 0. The van der Waals surface area contributed by atoms with Gasteiger partial charge in [-0.05, 0) is 125 Å². The number of nitrogens with zero attached hydrogens (tertiary/aromatic N) is 1. The number of rotatable bonds is 11. The number of esters is 1. The van der Waals surface area contributed by atoms with Crippen LogP contribution in [0.1, 0.15) is 140 Å². The normalized spacial score (nSPS) is 37.7. The van der Waals surface area contributed by atoms with E-state index in [1.54, 1.807) is 20.9 Å². The van der Waals surface area contributed by atoms with Crippen LogP contribution in [0.4, 0.5) is 0 Å². The molecule has 5 aliphatic carbocycles. The molecule has 0 aromatic carbocycles. The summed E-state index contributed by atoms with van der Waals surface area (Å²) in [7, 11) is 1.64. The van der Waals surface area contributed by atoms with Crippen molar-refractivity contribution in [1.82, 2.24) is 10.2 Å². The number of ether oxygens (including phenoxy) is 1. The lowest BCUT2D eigenvalue weighted by atomic mass is 9.33. The van der Waals surface area contributed by atoms with Crippen LogP contribution >= 0.6 is 0 Å². The van der Waals surface area contributed by atoms with E-state index in [1.807, 2.05) is 4.90 Å². The Morgan fingerprint density at radius 2 is 1.58 bits per heavy atom. The zero-order valence-corrected chi connectivity index (χ0v) is 34.4. The third-order valence-corrected chi connectivity index (χ3v) is 16.3. The lowest BCUT2D eigenvalue weighted by molar-refractivity contribution is -0.235. The van der Waals surface area contributed by atoms with Crippen molar-refractivity contribution < 1.29 is 34.1 Å². The molecule has 0 radical (unpaired) electrons. The Morgan fingerprint density at radius 3 is 2.15 bits per heavy atom. The third-order valence-electron chi connectivity index (χ3n) is 16.3. The third kappa shape index (κ3) is 6.29. The van der Waals surface area contributed by atoms with Gasteiger partial charge in [0.15, 0.2) is 5.78 Å². The summed E-state index contributed by atoms with van der Waals surface area (Å²) < 4.78 is 6.16. The highest BCUT2D eigenvalue weighted by molar-refractivity contribution is 6.00. The number of hydrogen-bond acceptors (Lipinski definition) is 7.